The molecular weight excluding hydrogens is 394 g/mol. The summed E-state index contributed by atoms with van der Waals surface area (Å²) in [6.45, 7) is 2.89. The van der Waals surface area contributed by atoms with Crippen molar-refractivity contribution in [1.82, 2.24) is 9.80 Å². The van der Waals surface area contributed by atoms with Crippen molar-refractivity contribution in [2.75, 3.05) is 38.2 Å². The van der Waals surface area contributed by atoms with Gasteiger partial charge >= 0.3 is 0 Å². The molecule has 2 aromatic rings. The van der Waals surface area contributed by atoms with Crippen LogP contribution in [-0.2, 0) is 14.4 Å². The molecule has 2 atom stereocenters. The normalized spacial score (nSPS) is 21.5. The first-order valence-corrected chi connectivity index (χ1v) is 10.5. The monoisotopic (exact) mass is 421 g/mol. The van der Waals surface area contributed by atoms with Crippen LogP contribution in [0.1, 0.15) is 24.8 Å². The molecule has 0 N–H and O–H groups in total. The zero-order valence-electron chi connectivity index (χ0n) is 17.9. The van der Waals surface area contributed by atoms with Crippen LogP contribution in [0.3, 0.4) is 0 Å². The fourth-order valence-electron chi connectivity index (χ4n) is 4.44. The van der Waals surface area contributed by atoms with Gasteiger partial charge < -0.3 is 19.4 Å². The second-order valence-electron chi connectivity index (χ2n) is 8.17. The summed E-state index contributed by atoms with van der Waals surface area (Å²) in [4.78, 5) is 43.1. The van der Waals surface area contributed by atoms with E-state index in [1.165, 1.54) is 0 Å². The van der Waals surface area contributed by atoms with Gasteiger partial charge in [-0.1, -0.05) is 36.4 Å². The minimum atomic E-state index is -0.187. The molecule has 0 aromatic heterocycles. The van der Waals surface area contributed by atoms with E-state index in [4.69, 9.17) is 4.74 Å². The van der Waals surface area contributed by atoms with Crippen LogP contribution >= 0.6 is 0 Å². The number of piperazine rings is 1. The fraction of sp³-hybridized carbons (Fsp3) is 0.375. The third kappa shape index (κ3) is 4.40. The van der Waals surface area contributed by atoms with Crippen LogP contribution in [0.5, 0.6) is 5.75 Å². The number of methoxy groups -OCH3 is 1. The molecule has 0 spiro atoms. The van der Waals surface area contributed by atoms with E-state index in [0.717, 1.165) is 11.3 Å². The fourth-order valence-corrected chi connectivity index (χ4v) is 4.44. The van der Waals surface area contributed by atoms with E-state index in [9.17, 15) is 14.4 Å². The van der Waals surface area contributed by atoms with Crippen molar-refractivity contribution < 1.29 is 19.1 Å². The van der Waals surface area contributed by atoms with E-state index in [-0.39, 0.29) is 42.8 Å². The van der Waals surface area contributed by atoms with Crippen molar-refractivity contribution in [3.63, 3.8) is 0 Å². The summed E-state index contributed by atoms with van der Waals surface area (Å²) in [6.07, 6.45) is 0.413. The van der Waals surface area contributed by atoms with Crippen LogP contribution in [0, 0.1) is 0 Å². The van der Waals surface area contributed by atoms with E-state index in [2.05, 4.69) is 0 Å². The van der Waals surface area contributed by atoms with Crippen LogP contribution in [-0.4, -0.2) is 66.9 Å². The minimum Gasteiger partial charge on any atom is -0.497 e. The second-order valence-corrected chi connectivity index (χ2v) is 8.17. The smallest absolute Gasteiger partial charge is 0.246 e. The predicted octanol–water partition coefficient (Wildman–Crippen LogP) is 2.27. The highest BCUT2D eigenvalue weighted by molar-refractivity contribution is 5.99. The third-order valence-electron chi connectivity index (χ3n) is 6.02. The number of rotatable bonds is 5. The van der Waals surface area contributed by atoms with Gasteiger partial charge in [0.2, 0.25) is 17.7 Å². The Labute approximate surface area is 182 Å². The Hall–Kier alpha value is -3.35. The molecule has 0 aliphatic carbocycles. The molecule has 0 unspecified atom stereocenters. The first-order valence-electron chi connectivity index (χ1n) is 10.5. The van der Waals surface area contributed by atoms with Gasteiger partial charge in [0.05, 0.1) is 19.7 Å². The first-order chi connectivity index (χ1) is 15.0. The molecule has 31 heavy (non-hydrogen) atoms. The Morgan fingerprint density at radius 1 is 1.03 bits per heavy atom. The van der Waals surface area contributed by atoms with Gasteiger partial charge in [-0.2, -0.15) is 0 Å². The molecule has 0 saturated carbocycles. The standard InChI is InChI=1S/C24H27N3O4/c1-17-13-25(16-24(30)27(17)20-9-6-10-21(12-20)31-2)23(29)15-26-14-19(11-22(26)28)18-7-4-3-5-8-18/h3-10,12,17,19H,11,13-16H2,1-2H3/t17-,19-/m0/s1. The number of amides is 3. The number of ether oxygens (including phenoxy) is 1. The van der Waals surface area contributed by atoms with Crippen LogP contribution in [0.2, 0.25) is 0 Å². The Bertz CT molecular complexity index is 978. The molecule has 0 radical (unpaired) electrons. The van der Waals surface area contributed by atoms with E-state index in [1.54, 1.807) is 21.8 Å². The van der Waals surface area contributed by atoms with Gasteiger partial charge in [0, 0.05) is 37.2 Å². The lowest BCUT2D eigenvalue weighted by molar-refractivity contribution is -0.141. The number of nitrogens with zero attached hydrogens (tertiary/aromatic N) is 3. The molecular formula is C24H27N3O4. The molecule has 2 fully saturated rings. The highest BCUT2D eigenvalue weighted by atomic mass is 16.5. The maximum atomic E-state index is 12.9. The van der Waals surface area contributed by atoms with Crippen LogP contribution in [0.4, 0.5) is 5.69 Å². The van der Waals surface area contributed by atoms with E-state index in [1.807, 2.05) is 61.5 Å². The average Bonchev–Trinajstić information content (AvgIpc) is 3.14. The lowest BCUT2D eigenvalue weighted by atomic mass is 9.99. The van der Waals surface area contributed by atoms with Gasteiger partial charge in [-0.3, -0.25) is 14.4 Å². The van der Waals surface area contributed by atoms with Crippen molar-refractivity contribution in [1.29, 1.82) is 0 Å². The van der Waals surface area contributed by atoms with Gasteiger partial charge in [0.25, 0.3) is 0 Å². The number of likely N-dealkylation sites (tertiary alicyclic amines) is 1. The summed E-state index contributed by atoms with van der Waals surface area (Å²) in [6, 6.07) is 17.1. The molecule has 7 heteroatoms. The van der Waals surface area contributed by atoms with Crippen molar-refractivity contribution in [3.05, 3.63) is 60.2 Å². The average molecular weight is 421 g/mol. The van der Waals surface area contributed by atoms with Crippen LogP contribution in [0.25, 0.3) is 0 Å². The zero-order chi connectivity index (χ0) is 22.0. The highest BCUT2D eigenvalue weighted by Gasteiger charge is 2.36. The Morgan fingerprint density at radius 2 is 1.81 bits per heavy atom. The topological polar surface area (TPSA) is 70.2 Å². The highest BCUT2D eigenvalue weighted by Crippen LogP contribution is 2.29. The van der Waals surface area contributed by atoms with Crippen LogP contribution < -0.4 is 9.64 Å². The molecule has 2 aliphatic heterocycles. The molecule has 7 nitrogen and oxygen atoms in total. The molecule has 2 aliphatic rings. The lowest BCUT2D eigenvalue weighted by Gasteiger charge is -2.40. The summed E-state index contributed by atoms with van der Waals surface area (Å²) in [7, 11) is 1.59. The van der Waals surface area contributed by atoms with Crippen LogP contribution in [0.15, 0.2) is 54.6 Å². The largest absolute Gasteiger partial charge is 0.497 e. The molecule has 4 rings (SSSR count). The van der Waals surface area contributed by atoms with E-state index in [0.29, 0.717) is 25.3 Å². The number of carbonyl (C=O) groups excluding carboxylic acids is 3. The quantitative estimate of drug-likeness (QED) is 0.743. The molecule has 2 aromatic carbocycles. The third-order valence-corrected chi connectivity index (χ3v) is 6.02. The van der Waals surface area contributed by atoms with Gasteiger partial charge in [0.1, 0.15) is 12.3 Å². The summed E-state index contributed by atoms with van der Waals surface area (Å²) >= 11 is 0. The second kappa shape index (κ2) is 8.79. The molecule has 0 bridgehead atoms. The van der Waals surface area contributed by atoms with E-state index >= 15 is 0 Å². The van der Waals surface area contributed by atoms with Gasteiger partial charge in [-0.05, 0) is 24.6 Å². The molecule has 3 amide bonds. The predicted molar refractivity (Wildman–Crippen MR) is 117 cm³/mol. The SMILES string of the molecule is COc1cccc(N2C(=O)CN(C(=O)CN3C[C@@H](c4ccccc4)CC3=O)C[C@@H]2C)c1. The van der Waals surface area contributed by atoms with Crippen molar-refractivity contribution in [2.24, 2.45) is 0 Å². The van der Waals surface area contributed by atoms with Gasteiger partial charge in [-0.25, -0.2) is 0 Å². The van der Waals surface area contributed by atoms with Crippen molar-refractivity contribution in [2.45, 2.75) is 25.3 Å². The Morgan fingerprint density at radius 3 is 2.52 bits per heavy atom. The summed E-state index contributed by atoms with van der Waals surface area (Å²) in [5.74, 6) is 0.433. The summed E-state index contributed by atoms with van der Waals surface area (Å²) in [5.41, 5.74) is 1.87. The first kappa shape index (κ1) is 20.9. The maximum absolute atomic E-state index is 12.9. The Balaban J connectivity index is 1.39. The summed E-state index contributed by atoms with van der Waals surface area (Å²) in [5, 5.41) is 0. The number of anilines is 1. The number of carbonyl (C=O) groups is 3. The zero-order valence-corrected chi connectivity index (χ0v) is 17.9. The Kier molecular flexibility index (Phi) is 5.93. The number of hydrogen-bond acceptors (Lipinski definition) is 4. The summed E-state index contributed by atoms with van der Waals surface area (Å²) < 4.78 is 5.26. The molecule has 162 valence electrons. The van der Waals surface area contributed by atoms with E-state index < -0.39 is 0 Å². The minimum absolute atomic E-state index is 0.00449. The van der Waals surface area contributed by atoms with Gasteiger partial charge in [0.15, 0.2) is 0 Å². The molecule has 2 heterocycles. The molecule has 2 saturated heterocycles. The van der Waals surface area contributed by atoms with Crippen molar-refractivity contribution >= 4 is 23.4 Å². The lowest BCUT2D eigenvalue weighted by Crippen LogP contribution is -2.58. The van der Waals surface area contributed by atoms with Crippen molar-refractivity contribution in [3.8, 4) is 5.75 Å². The van der Waals surface area contributed by atoms with Gasteiger partial charge in [-0.15, -0.1) is 0 Å². The maximum Gasteiger partial charge on any atom is 0.246 e. The number of hydrogen-bond donors (Lipinski definition) is 0. The number of benzene rings is 2.